The SMILES string of the molecule is CCc1ccc(CC(CC)CNC)cc1. The molecular weight excluding hydrogens is 182 g/mol. The summed E-state index contributed by atoms with van der Waals surface area (Å²) >= 11 is 0. The summed E-state index contributed by atoms with van der Waals surface area (Å²) in [6.45, 7) is 5.58. The molecule has 0 saturated heterocycles. The van der Waals surface area contributed by atoms with Crippen LogP contribution in [0.3, 0.4) is 0 Å². The first-order valence-electron chi connectivity index (χ1n) is 6.02. The van der Waals surface area contributed by atoms with Gasteiger partial charge in [-0.3, -0.25) is 0 Å². The predicted octanol–water partition coefficient (Wildman–Crippen LogP) is 3.04. The molecular formula is C14H23N. The second-order valence-electron chi connectivity index (χ2n) is 4.21. The van der Waals surface area contributed by atoms with Crippen LogP contribution in [0.2, 0.25) is 0 Å². The summed E-state index contributed by atoms with van der Waals surface area (Å²) in [4.78, 5) is 0. The molecule has 1 rings (SSSR count). The molecule has 0 aromatic heterocycles. The number of aryl methyl sites for hydroxylation is 1. The van der Waals surface area contributed by atoms with Crippen LogP contribution in [0.4, 0.5) is 0 Å². The van der Waals surface area contributed by atoms with Crippen LogP contribution in [0.25, 0.3) is 0 Å². The number of hydrogen-bond acceptors (Lipinski definition) is 1. The van der Waals surface area contributed by atoms with E-state index in [4.69, 9.17) is 0 Å². The third kappa shape index (κ3) is 4.05. The Morgan fingerprint density at radius 3 is 2.13 bits per heavy atom. The van der Waals surface area contributed by atoms with Crippen LogP contribution in [0, 0.1) is 5.92 Å². The lowest BCUT2D eigenvalue weighted by Crippen LogP contribution is -2.20. The van der Waals surface area contributed by atoms with Gasteiger partial charge in [0.25, 0.3) is 0 Å². The van der Waals surface area contributed by atoms with Gasteiger partial charge in [0.1, 0.15) is 0 Å². The smallest absolute Gasteiger partial charge is 0.00204 e. The Morgan fingerprint density at radius 1 is 1.07 bits per heavy atom. The van der Waals surface area contributed by atoms with Crippen molar-refractivity contribution in [2.45, 2.75) is 33.1 Å². The molecule has 1 atom stereocenters. The number of nitrogens with one attached hydrogen (secondary N) is 1. The van der Waals surface area contributed by atoms with E-state index in [1.54, 1.807) is 0 Å². The Bertz CT molecular complexity index is 263. The lowest BCUT2D eigenvalue weighted by atomic mass is 9.96. The molecule has 0 aliphatic carbocycles. The van der Waals surface area contributed by atoms with Crippen LogP contribution >= 0.6 is 0 Å². The third-order valence-corrected chi connectivity index (χ3v) is 3.03. The maximum Gasteiger partial charge on any atom is -0.00204 e. The summed E-state index contributed by atoms with van der Waals surface area (Å²) in [6.07, 6.45) is 3.58. The van der Waals surface area contributed by atoms with Gasteiger partial charge >= 0.3 is 0 Å². The lowest BCUT2D eigenvalue weighted by Gasteiger charge is -2.14. The summed E-state index contributed by atoms with van der Waals surface area (Å²) in [6, 6.07) is 9.05. The van der Waals surface area contributed by atoms with Crippen molar-refractivity contribution < 1.29 is 0 Å². The molecule has 0 saturated carbocycles. The van der Waals surface area contributed by atoms with Crippen LogP contribution in [-0.2, 0) is 12.8 Å². The van der Waals surface area contributed by atoms with Gasteiger partial charge in [-0.05, 0) is 43.5 Å². The van der Waals surface area contributed by atoms with Crippen molar-refractivity contribution in [1.82, 2.24) is 5.32 Å². The molecule has 0 bridgehead atoms. The van der Waals surface area contributed by atoms with Gasteiger partial charge in [-0.2, -0.15) is 0 Å². The maximum atomic E-state index is 3.26. The van der Waals surface area contributed by atoms with Gasteiger partial charge in [0.05, 0.1) is 0 Å². The maximum absolute atomic E-state index is 3.26. The molecule has 0 amide bonds. The molecule has 0 heterocycles. The zero-order valence-corrected chi connectivity index (χ0v) is 10.2. The molecule has 1 aromatic carbocycles. The molecule has 1 aromatic rings. The summed E-state index contributed by atoms with van der Waals surface area (Å²) in [7, 11) is 2.03. The average Bonchev–Trinajstić information content (AvgIpc) is 2.29. The number of hydrogen-bond donors (Lipinski definition) is 1. The summed E-state index contributed by atoms with van der Waals surface area (Å²) in [5, 5.41) is 3.26. The van der Waals surface area contributed by atoms with E-state index in [0.717, 1.165) is 18.9 Å². The topological polar surface area (TPSA) is 12.0 Å². The Morgan fingerprint density at radius 2 is 1.67 bits per heavy atom. The van der Waals surface area contributed by atoms with Crippen molar-refractivity contribution in [2.24, 2.45) is 5.92 Å². The molecule has 15 heavy (non-hydrogen) atoms. The van der Waals surface area contributed by atoms with E-state index in [-0.39, 0.29) is 0 Å². The molecule has 0 radical (unpaired) electrons. The van der Waals surface area contributed by atoms with Gasteiger partial charge in [-0.25, -0.2) is 0 Å². The number of rotatable bonds is 6. The highest BCUT2D eigenvalue weighted by molar-refractivity contribution is 5.22. The summed E-state index contributed by atoms with van der Waals surface area (Å²) in [5.74, 6) is 0.766. The van der Waals surface area contributed by atoms with Crippen LogP contribution in [-0.4, -0.2) is 13.6 Å². The fraction of sp³-hybridized carbons (Fsp3) is 0.571. The molecule has 1 nitrogen and oxygen atoms in total. The highest BCUT2D eigenvalue weighted by Gasteiger charge is 2.05. The number of benzene rings is 1. The molecule has 1 heteroatoms. The first kappa shape index (κ1) is 12.3. The average molecular weight is 205 g/mol. The minimum Gasteiger partial charge on any atom is -0.319 e. The quantitative estimate of drug-likeness (QED) is 0.752. The first-order chi connectivity index (χ1) is 7.30. The van der Waals surface area contributed by atoms with Gasteiger partial charge in [-0.1, -0.05) is 44.5 Å². The minimum absolute atomic E-state index is 0.766. The van der Waals surface area contributed by atoms with Crippen molar-refractivity contribution in [3.63, 3.8) is 0 Å². The van der Waals surface area contributed by atoms with E-state index in [1.807, 2.05) is 7.05 Å². The highest BCUT2D eigenvalue weighted by atomic mass is 14.8. The fourth-order valence-corrected chi connectivity index (χ4v) is 1.89. The first-order valence-corrected chi connectivity index (χ1v) is 6.02. The third-order valence-electron chi connectivity index (χ3n) is 3.03. The minimum atomic E-state index is 0.766. The van der Waals surface area contributed by atoms with E-state index in [0.29, 0.717) is 0 Å². The second-order valence-corrected chi connectivity index (χ2v) is 4.21. The molecule has 0 spiro atoms. The lowest BCUT2D eigenvalue weighted by molar-refractivity contribution is 0.481. The Labute approximate surface area is 93.9 Å². The van der Waals surface area contributed by atoms with Gasteiger partial charge in [0.15, 0.2) is 0 Å². The van der Waals surface area contributed by atoms with Gasteiger partial charge in [0, 0.05) is 0 Å². The highest BCUT2D eigenvalue weighted by Crippen LogP contribution is 2.12. The van der Waals surface area contributed by atoms with Crippen molar-refractivity contribution >= 4 is 0 Å². The van der Waals surface area contributed by atoms with Crippen LogP contribution in [0.15, 0.2) is 24.3 Å². The van der Waals surface area contributed by atoms with E-state index in [1.165, 1.54) is 24.0 Å². The molecule has 0 aliphatic rings. The summed E-state index contributed by atoms with van der Waals surface area (Å²) < 4.78 is 0. The Hall–Kier alpha value is -0.820. The zero-order valence-electron chi connectivity index (χ0n) is 10.2. The van der Waals surface area contributed by atoms with Crippen LogP contribution in [0.5, 0.6) is 0 Å². The fourth-order valence-electron chi connectivity index (χ4n) is 1.89. The molecule has 0 aliphatic heterocycles. The molecule has 1 unspecified atom stereocenters. The molecule has 1 N–H and O–H groups in total. The largest absolute Gasteiger partial charge is 0.319 e. The van der Waals surface area contributed by atoms with Crippen LogP contribution in [0.1, 0.15) is 31.4 Å². The van der Waals surface area contributed by atoms with E-state index in [9.17, 15) is 0 Å². The van der Waals surface area contributed by atoms with E-state index in [2.05, 4.69) is 43.4 Å². The van der Waals surface area contributed by atoms with Gasteiger partial charge in [-0.15, -0.1) is 0 Å². The predicted molar refractivity (Wildman–Crippen MR) is 67.2 cm³/mol. The standard InChI is InChI=1S/C14H23N/c1-4-12-6-8-14(9-7-12)10-13(5-2)11-15-3/h6-9,13,15H,4-5,10-11H2,1-3H3. The van der Waals surface area contributed by atoms with Crippen LogP contribution < -0.4 is 5.32 Å². The molecule has 84 valence electrons. The summed E-state index contributed by atoms with van der Waals surface area (Å²) in [5.41, 5.74) is 2.90. The zero-order chi connectivity index (χ0) is 11.1. The van der Waals surface area contributed by atoms with Gasteiger partial charge < -0.3 is 5.32 Å². The molecule has 0 fully saturated rings. The van der Waals surface area contributed by atoms with Crippen molar-refractivity contribution in [3.8, 4) is 0 Å². The van der Waals surface area contributed by atoms with E-state index < -0.39 is 0 Å². The van der Waals surface area contributed by atoms with Crippen molar-refractivity contribution in [3.05, 3.63) is 35.4 Å². The second kappa shape index (κ2) is 6.62. The van der Waals surface area contributed by atoms with Crippen molar-refractivity contribution in [2.75, 3.05) is 13.6 Å². The Balaban J connectivity index is 2.55. The Kier molecular flexibility index (Phi) is 5.41. The van der Waals surface area contributed by atoms with Crippen molar-refractivity contribution in [1.29, 1.82) is 0 Å². The normalized spacial score (nSPS) is 12.7. The van der Waals surface area contributed by atoms with E-state index >= 15 is 0 Å². The monoisotopic (exact) mass is 205 g/mol. The van der Waals surface area contributed by atoms with Gasteiger partial charge in [0.2, 0.25) is 0 Å².